The summed E-state index contributed by atoms with van der Waals surface area (Å²) in [5.41, 5.74) is 7.68. The van der Waals surface area contributed by atoms with Crippen LogP contribution in [0.3, 0.4) is 0 Å². The van der Waals surface area contributed by atoms with Crippen LogP contribution >= 0.6 is 11.6 Å². The molecule has 2 aromatic rings. The van der Waals surface area contributed by atoms with Crippen molar-refractivity contribution >= 4 is 17.4 Å². The standard InChI is InChI=1S/C12H14ClN3/c1-3-10-15-11(12(14)16(10)2)8-6-4-5-7-9(8)13/h4-7H,3,14H2,1-2H3. The summed E-state index contributed by atoms with van der Waals surface area (Å²) in [5.74, 6) is 1.62. The molecule has 0 saturated heterocycles. The Balaban J connectivity index is 2.61. The Morgan fingerprint density at radius 2 is 2.06 bits per heavy atom. The van der Waals surface area contributed by atoms with Gasteiger partial charge in [0.2, 0.25) is 0 Å². The number of nitrogens with two attached hydrogens (primary N) is 1. The number of benzene rings is 1. The van der Waals surface area contributed by atoms with Gasteiger partial charge in [0.15, 0.2) is 0 Å². The summed E-state index contributed by atoms with van der Waals surface area (Å²) in [4.78, 5) is 4.51. The summed E-state index contributed by atoms with van der Waals surface area (Å²) in [6.45, 7) is 2.05. The van der Waals surface area contributed by atoms with Gasteiger partial charge in [-0.1, -0.05) is 36.7 Å². The number of anilines is 1. The van der Waals surface area contributed by atoms with Crippen molar-refractivity contribution in [3.63, 3.8) is 0 Å². The Bertz CT molecular complexity index is 517. The fourth-order valence-electron chi connectivity index (χ4n) is 1.73. The molecule has 4 heteroatoms. The van der Waals surface area contributed by atoms with Crippen LogP contribution in [0.15, 0.2) is 24.3 Å². The number of hydrogen-bond acceptors (Lipinski definition) is 2. The third kappa shape index (κ3) is 1.67. The Labute approximate surface area is 99.9 Å². The predicted octanol–water partition coefficient (Wildman–Crippen LogP) is 2.89. The van der Waals surface area contributed by atoms with Crippen molar-refractivity contribution in [3.05, 3.63) is 35.1 Å². The Morgan fingerprint density at radius 3 is 2.62 bits per heavy atom. The summed E-state index contributed by atoms with van der Waals surface area (Å²) in [5, 5.41) is 0.676. The number of halogens is 1. The van der Waals surface area contributed by atoms with Crippen LogP contribution in [-0.2, 0) is 13.5 Å². The molecule has 2 N–H and O–H groups in total. The zero-order valence-electron chi connectivity index (χ0n) is 9.37. The number of aryl methyl sites for hydroxylation is 1. The Hall–Kier alpha value is -1.48. The van der Waals surface area contributed by atoms with Gasteiger partial charge in [-0.3, -0.25) is 0 Å². The highest BCUT2D eigenvalue weighted by molar-refractivity contribution is 6.33. The predicted molar refractivity (Wildman–Crippen MR) is 67.4 cm³/mol. The van der Waals surface area contributed by atoms with E-state index in [2.05, 4.69) is 11.9 Å². The van der Waals surface area contributed by atoms with E-state index in [9.17, 15) is 0 Å². The molecule has 0 spiro atoms. The lowest BCUT2D eigenvalue weighted by Gasteiger charge is -2.02. The average Bonchev–Trinajstić information content (AvgIpc) is 2.57. The summed E-state index contributed by atoms with van der Waals surface area (Å²) in [6.07, 6.45) is 0.852. The highest BCUT2D eigenvalue weighted by Gasteiger charge is 2.14. The molecular formula is C12H14ClN3. The molecule has 2 rings (SSSR count). The van der Waals surface area contributed by atoms with E-state index in [1.807, 2.05) is 35.9 Å². The number of rotatable bonds is 2. The van der Waals surface area contributed by atoms with Crippen LogP contribution in [0.1, 0.15) is 12.7 Å². The molecule has 0 aliphatic heterocycles. The highest BCUT2D eigenvalue weighted by Crippen LogP contribution is 2.31. The summed E-state index contributed by atoms with van der Waals surface area (Å²) in [6, 6.07) is 7.60. The Kier molecular flexibility index (Phi) is 2.88. The molecule has 1 heterocycles. The SMILES string of the molecule is CCc1nc(-c2ccccc2Cl)c(N)n1C. The molecule has 0 aliphatic rings. The smallest absolute Gasteiger partial charge is 0.131 e. The minimum atomic E-state index is 0.657. The van der Waals surface area contributed by atoms with Crippen molar-refractivity contribution in [3.8, 4) is 11.3 Å². The molecule has 0 atom stereocenters. The van der Waals surface area contributed by atoms with Crippen LogP contribution in [0.25, 0.3) is 11.3 Å². The van der Waals surface area contributed by atoms with Crippen LogP contribution in [0.2, 0.25) is 5.02 Å². The van der Waals surface area contributed by atoms with Crippen molar-refractivity contribution < 1.29 is 0 Å². The highest BCUT2D eigenvalue weighted by atomic mass is 35.5. The fraction of sp³-hybridized carbons (Fsp3) is 0.250. The number of hydrogen-bond donors (Lipinski definition) is 1. The van der Waals surface area contributed by atoms with E-state index in [-0.39, 0.29) is 0 Å². The molecule has 3 nitrogen and oxygen atoms in total. The molecule has 1 aromatic carbocycles. The second kappa shape index (κ2) is 4.18. The van der Waals surface area contributed by atoms with Crippen LogP contribution in [0.5, 0.6) is 0 Å². The maximum atomic E-state index is 6.13. The fourth-order valence-corrected chi connectivity index (χ4v) is 1.95. The molecule has 0 saturated carbocycles. The van der Waals surface area contributed by atoms with E-state index in [4.69, 9.17) is 17.3 Å². The molecule has 0 unspecified atom stereocenters. The van der Waals surface area contributed by atoms with Gasteiger partial charge in [-0.25, -0.2) is 4.98 Å². The van der Waals surface area contributed by atoms with Gasteiger partial charge in [-0.2, -0.15) is 0 Å². The third-order valence-electron chi connectivity index (χ3n) is 2.68. The maximum absolute atomic E-state index is 6.13. The summed E-state index contributed by atoms with van der Waals surface area (Å²) >= 11 is 6.13. The molecule has 16 heavy (non-hydrogen) atoms. The van der Waals surface area contributed by atoms with Gasteiger partial charge in [0.1, 0.15) is 17.3 Å². The number of nitrogen functional groups attached to an aromatic ring is 1. The molecule has 84 valence electrons. The topological polar surface area (TPSA) is 43.8 Å². The second-order valence-corrected chi connectivity index (χ2v) is 4.06. The maximum Gasteiger partial charge on any atom is 0.131 e. The molecule has 0 fully saturated rings. The molecule has 0 amide bonds. The van der Waals surface area contributed by atoms with Gasteiger partial charge in [0.05, 0.1) is 5.02 Å². The first kappa shape index (κ1) is 11.0. The second-order valence-electron chi connectivity index (χ2n) is 3.65. The lowest BCUT2D eigenvalue weighted by atomic mass is 10.1. The van der Waals surface area contributed by atoms with Gasteiger partial charge >= 0.3 is 0 Å². The summed E-state index contributed by atoms with van der Waals surface area (Å²) in [7, 11) is 1.92. The third-order valence-corrected chi connectivity index (χ3v) is 3.01. The quantitative estimate of drug-likeness (QED) is 0.870. The van der Waals surface area contributed by atoms with Crippen molar-refractivity contribution in [1.29, 1.82) is 0 Å². The van der Waals surface area contributed by atoms with Crippen LogP contribution < -0.4 is 5.73 Å². The van der Waals surface area contributed by atoms with Crippen LogP contribution in [-0.4, -0.2) is 9.55 Å². The number of nitrogens with zero attached hydrogens (tertiary/aromatic N) is 2. The lowest BCUT2D eigenvalue weighted by Crippen LogP contribution is -2.00. The van der Waals surface area contributed by atoms with E-state index in [1.165, 1.54) is 0 Å². The van der Waals surface area contributed by atoms with E-state index in [0.717, 1.165) is 23.5 Å². The first-order valence-electron chi connectivity index (χ1n) is 5.21. The minimum Gasteiger partial charge on any atom is -0.383 e. The summed E-state index contributed by atoms with van der Waals surface area (Å²) < 4.78 is 1.90. The zero-order chi connectivity index (χ0) is 11.7. The molecule has 1 aromatic heterocycles. The minimum absolute atomic E-state index is 0.657. The Morgan fingerprint density at radius 1 is 1.38 bits per heavy atom. The van der Waals surface area contributed by atoms with Crippen molar-refractivity contribution in [2.24, 2.45) is 7.05 Å². The van der Waals surface area contributed by atoms with Crippen molar-refractivity contribution in [2.75, 3.05) is 5.73 Å². The monoisotopic (exact) mass is 235 g/mol. The first-order valence-corrected chi connectivity index (χ1v) is 5.59. The van der Waals surface area contributed by atoms with E-state index < -0.39 is 0 Å². The number of imidazole rings is 1. The van der Waals surface area contributed by atoms with Gasteiger partial charge in [0, 0.05) is 19.0 Å². The molecule has 0 bridgehead atoms. The van der Waals surface area contributed by atoms with Gasteiger partial charge in [-0.05, 0) is 6.07 Å². The normalized spacial score (nSPS) is 10.7. The molecule has 0 aliphatic carbocycles. The lowest BCUT2D eigenvalue weighted by molar-refractivity contribution is 0.816. The van der Waals surface area contributed by atoms with Gasteiger partial charge in [0.25, 0.3) is 0 Å². The average molecular weight is 236 g/mol. The van der Waals surface area contributed by atoms with E-state index in [1.54, 1.807) is 0 Å². The van der Waals surface area contributed by atoms with Gasteiger partial charge in [-0.15, -0.1) is 0 Å². The van der Waals surface area contributed by atoms with Gasteiger partial charge < -0.3 is 10.3 Å². The van der Waals surface area contributed by atoms with Crippen molar-refractivity contribution in [1.82, 2.24) is 9.55 Å². The van der Waals surface area contributed by atoms with E-state index >= 15 is 0 Å². The molecule has 0 radical (unpaired) electrons. The van der Waals surface area contributed by atoms with Crippen LogP contribution in [0, 0.1) is 0 Å². The van der Waals surface area contributed by atoms with Crippen LogP contribution in [0.4, 0.5) is 5.82 Å². The largest absolute Gasteiger partial charge is 0.383 e. The zero-order valence-corrected chi connectivity index (χ0v) is 10.1. The first-order chi connectivity index (χ1) is 7.65. The molecular weight excluding hydrogens is 222 g/mol. The number of aromatic nitrogens is 2. The van der Waals surface area contributed by atoms with Crippen molar-refractivity contribution in [2.45, 2.75) is 13.3 Å². The van der Waals surface area contributed by atoms with E-state index in [0.29, 0.717) is 10.8 Å².